The fourth-order valence-corrected chi connectivity index (χ4v) is 5.49. The first kappa shape index (κ1) is 14.7. The molecule has 5 nitrogen and oxygen atoms in total. The monoisotopic (exact) mass is 342 g/mol. The number of aromatic nitrogens is 1. The molecule has 0 atom stereocenters. The van der Waals surface area contributed by atoms with Crippen LogP contribution in [-0.2, 0) is 16.4 Å². The van der Waals surface area contributed by atoms with Gasteiger partial charge in [0.05, 0.1) is 10.6 Å². The van der Waals surface area contributed by atoms with Gasteiger partial charge in [-0.05, 0) is 23.3 Å². The Morgan fingerprint density at radius 3 is 2.76 bits per heavy atom. The molecule has 0 aromatic carbocycles. The van der Waals surface area contributed by atoms with Crippen LogP contribution in [0.5, 0.6) is 0 Å². The first-order chi connectivity index (χ1) is 9.77. The number of carbonyl (C=O) groups excluding carboxylic acids is 1. The first-order valence-electron chi connectivity index (χ1n) is 6.36. The number of nitrogens with zero attached hydrogens (tertiary/aromatic N) is 1. The molecule has 2 aromatic heterocycles. The van der Waals surface area contributed by atoms with Crippen molar-refractivity contribution in [1.82, 2.24) is 4.98 Å². The summed E-state index contributed by atoms with van der Waals surface area (Å²) in [6.45, 7) is 4.03. The number of thiazole rings is 1. The minimum absolute atomic E-state index is 0.0420. The molecule has 112 valence electrons. The van der Waals surface area contributed by atoms with E-state index in [1.165, 1.54) is 6.07 Å². The van der Waals surface area contributed by atoms with Crippen molar-refractivity contribution < 1.29 is 13.2 Å². The second-order valence-electron chi connectivity index (χ2n) is 5.77. The van der Waals surface area contributed by atoms with Crippen LogP contribution in [0.15, 0.2) is 21.7 Å². The number of ketones is 1. The molecule has 0 aliphatic heterocycles. The van der Waals surface area contributed by atoms with Gasteiger partial charge in [-0.25, -0.2) is 13.4 Å². The lowest BCUT2D eigenvalue weighted by Gasteiger charge is -2.26. The molecule has 21 heavy (non-hydrogen) atoms. The van der Waals surface area contributed by atoms with E-state index in [0.29, 0.717) is 23.4 Å². The SMILES string of the molecule is CC1(C)CC(=O)c2sc(NS(=O)(=O)c3cccs3)nc2C1. The maximum atomic E-state index is 12.2. The number of sulfonamides is 1. The molecule has 1 aliphatic rings. The Morgan fingerprint density at radius 1 is 1.33 bits per heavy atom. The Bertz CT molecular complexity index is 789. The van der Waals surface area contributed by atoms with Crippen LogP contribution in [0.25, 0.3) is 0 Å². The van der Waals surface area contributed by atoms with Crippen molar-refractivity contribution in [2.45, 2.75) is 30.9 Å². The van der Waals surface area contributed by atoms with Gasteiger partial charge in [0, 0.05) is 6.42 Å². The molecular formula is C13H14N2O3S3. The Morgan fingerprint density at radius 2 is 2.10 bits per heavy atom. The average Bonchev–Trinajstić information content (AvgIpc) is 2.95. The number of thiophene rings is 1. The quantitative estimate of drug-likeness (QED) is 0.929. The summed E-state index contributed by atoms with van der Waals surface area (Å²) in [6.07, 6.45) is 1.16. The van der Waals surface area contributed by atoms with Crippen LogP contribution in [0.1, 0.15) is 35.6 Å². The molecule has 0 amide bonds. The van der Waals surface area contributed by atoms with Crippen LogP contribution in [0.4, 0.5) is 5.13 Å². The number of rotatable bonds is 3. The lowest BCUT2D eigenvalue weighted by molar-refractivity contribution is 0.0916. The third kappa shape index (κ3) is 2.88. The van der Waals surface area contributed by atoms with Crippen LogP contribution < -0.4 is 4.72 Å². The molecular weight excluding hydrogens is 328 g/mol. The van der Waals surface area contributed by atoms with Crippen LogP contribution in [0.2, 0.25) is 0 Å². The van der Waals surface area contributed by atoms with Crippen LogP contribution in [-0.4, -0.2) is 19.2 Å². The van der Waals surface area contributed by atoms with Gasteiger partial charge < -0.3 is 0 Å². The normalized spacial score (nSPS) is 17.5. The summed E-state index contributed by atoms with van der Waals surface area (Å²) in [5.41, 5.74) is 0.576. The average molecular weight is 342 g/mol. The molecule has 0 saturated heterocycles. The highest BCUT2D eigenvalue weighted by atomic mass is 32.2. The number of Topliss-reactive ketones (excluding diaryl/α,β-unsaturated/α-hetero) is 1. The summed E-state index contributed by atoms with van der Waals surface area (Å²) >= 11 is 2.27. The van der Waals surface area contributed by atoms with Crippen molar-refractivity contribution in [2.75, 3.05) is 4.72 Å². The summed E-state index contributed by atoms with van der Waals surface area (Å²) in [4.78, 5) is 17.0. The Kier molecular flexibility index (Phi) is 3.42. The minimum atomic E-state index is -3.61. The summed E-state index contributed by atoms with van der Waals surface area (Å²) in [6, 6.07) is 3.22. The van der Waals surface area contributed by atoms with E-state index in [1.807, 2.05) is 13.8 Å². The Hall–Kier alpha value is -1.25. The van der Waals surface area contributed by atoms with Crippen molar-refractivity contribution in [3.63, 3.8) is 0 Å². The van der Waals surface area contributed by atoms with E-state index in [4.69, 9.17) is 0 Å². The van der Waals surface area contributed by atoms with E-state index >= 15 is 0 Å². The van der Waals surface area contributed by atoms with Gasteiger partial charge in [-0.2, -0.15) is 0 Å². The third-order valence-electron chi connectivity index (χ3n) is 3.22. The minimum Gasteiger partial charge on any atom is -0.293 e. The fraction of sp³-hybridized carbons (Fsp3) is 0.385. The molecule has 0 fully saturated rings. The van der Waals surface area contributed by atoms with E-state index in [0.717, 1.165) is 22.7 Å². The van der Waals surface area contributed by atoms with Gasteiger partial charge in [0.2, 0.25) is 0 Å². The number of hydrogen-bond donors (Lipinski definition) is 1. The highest BCUT2D eigenvalue weighted by Crippen LogP contribution is 2.38. The highest BCUT2D eigenvalue weighted by Gasteiger charge is 2.34. The van der Waals surface area contributed by atoms with E-state index in [9.17, 15) is 13.2 Å². The van der Waals surface area contributed by atoms with E-state index in [-0.39, 0.29) is 20.5 Å². The van der Waals surface area contributed by atoms with Crippen molar-refractivity contribution >= 4 is 43.6 Å². The van der Waals surface area contributed by atoms with E-state index in [1.54, 1.807) is 11.4 Å². The van der Waals surface area contributed by atoms with Crippen LogP contribution in [0.3, 0.4) is 0 Å². The predicted molar refractivity (Wildman–Crippen MR) is 83.7 cm³/mol. The molecule has 8 heteroatoms. The van der Waals surface area contributed by atoms with Crippen molar-refractivity contribution in [1.29, 1.82) is 0 Å². The number of fused-ring (bicyclic) bond motifs is 1. The maximum absolute atomic E-state index is 12.2. The van der Waals surface area contributed by atoms with Gasteiger partial charge in [-0.3, -0.25) is 9.52 Å². The molecule has 0 unspecified atom stereocenters. The molecule has 3 rings (SSSR count). The van der Waals surface area contributed by atoms with Gasteiger partial charge in [-0.15, -0.1) is 11.3 Å². The maximum Gasteiger partial charge on any atom is 0.273 e. The van der Waals surface area contributed by atoms with Gasteiger partial charge in [-0.1, -0.05) is 31.3 Å². The molecule has 0 radical (unpaired) electrons. The van der Waals surface area contributed by atoms with Gasteiger partial charge in [0.25, 0.3) is 10.0 Å². The molecule has 0 saturated carbocycles. The molecule has 2 heterocycles. The standard InChI is InChI=1S/C13H14N2O3S3/c1-13(2)6-8-11(9(16)7-13)20-12(14-8)15-21(17,18)10-4-3-5-19-10/h3-5H,6-7H2,1-2H3,(H,14,15). The topological polar surface area (TPSA) is 76.1 Å². The fourth-order valence-electron chi connectivity index (χ4n) is 2.35. The first-order valence-corrected chi connectivity index (χ1v) is 9.54. The molecule has 0 spiro atoms. The van der Waals surface area contributed by atoms with Gasteiger partial charge in [0.1, 0.15) is 4.21 Å². The zero-order chi connectivity index (χ0) is 15.3. The second kappa shape index (κ2) is 4.89. The van der Waals surface area contributed by atoms with Gasteiger partial charge in [0.15, 0.2) is 10.9 Å². The Balaban J connectivity index is 1.91. The van der Waals surface area contributed by atoms with E-state index < -0.39 is 10.0 Å². The highest BCUT2D eigenvalue weighted by molar-refractivity contribution is 7.94. The lowest BCUT2D eigenvalue weighted by Crippen LogP contribution is -2.26. The summed E-state index contributed by atoms with van der Waals surface area (Å²) < 4.78 is 27.0. The molecule has 1 aliphatic carbocycles. The number of carbonyl (C=O) groups is 1. The van der Waals surface area contributed by atoms with Crippen LogP contribution in [0, 0.1) is 5.41 Å². The van der Waals surface area contributed by atoms with Crippen molar-refractivity contribution in [3.8, 4) is 0 Å². The summed E-state index contributed by atoms with van der Waals surface area (Å²) in [5.74, 6) is 0.0420. The third-order valence-corrected chi connectivity index (χ3v) is 7.14. The number of hydrogen-bond acceptors (Lipinski definition) is 6. The van der Waals surface area contributed by atoms with Crippen molar-refractivity contribution in [3.05, 3.63) is 28.1 Å². The van der Waals surface area contributed by atoms with Crippen molar-refractivity contribution in [2.24, 2.45) is 5.41 Å². The molecule has 1 N–H and O–H groups in total. The second-order valence-corrected chi connectivity index (χ2v) is 9.63. The van der Waals surface area contributed by atoms with E-state index in [2.05, 4.69) is 9.71 Å². The summed E-state index contributed by atoms with van der Waals surface area (Å²) in [7, 11) is -3.61. The largest absolute Gasteiger partial charge is 0.293 e. The van der Waals surface area contributed by atoms with Gasteiger partial charge >= 0.3 is 0 Å². The summed E-state index contributed by atoms with van der Waals surface area (Å²) in [5, 5.41) is 1.97. The zero-order valence-electron chi connectivity index (χ0n) is 11.5. The lowest BCUT2D eigenvalue weighted by atomic mass is 9.78. The number of anilines is 1. The molecule has 2 aromatic rings. The zero-order valence-corrected chi connectivity index (χ0v) is 14.0. The van der Waals surface area contributed by atoms with Crippen LogP contribution >= 0.6 is 22.7 Å². The predicted octanol–water partition coefficient (Wildman–Crippen LogP) is 3.16. The smallest absolute Gasteiger partial charge is 0.273 e. The Labute approximate surface area is 131 Å². The number of nitrogens with one attached hydrogen (secondary N) is 1. The molecule has 0 bridgehead atoms.